The molecule has 0 spiro atoms. The Bertz CT molecular complexity index is 556. The molecule has 0 heterocycles. The fourth-order valence-electron chi connectivity index (χ4n) is 2.09. The lowest BCUT2D eigenvalue weighted by Gasteiger charge is -2.10. The van der Waals surface area contributed by atoms with Gasteiger partial charge in [0.2, 0.25) is 0 Å². The first kappa shape index (κ1) is 16.5. The molecule has 0 saturated heterocycles. The van der Waals surface area contributed by atoms with Gasteiger partial charge in [0.05, 0.1) is 18.5 Å². The summed E-state index contributed by atoms with van der Waals surface area (Å²) in [4.78, 5) is 18.8. The van der Waals surface area contributed by atoms with Gasteiger partial charge < -0.3 is 19.8 Å². The summed E-state index contributed by atoms with van der Waals surface area (Å²) in [7, 11) is 0. The highest BCUT2D eigenvalue weighted by Crippen LogP contribution is 2.30. The Morgan fingerprint density at radius 1 is 1.29 bits per heavy atom. The number of fused-ring (bicyclic) bond motifs is 1. The smallest absolute Gasteiger partial charge is 0.0643 e. The zero-order valence-electron chi connectivity index (χ0n) is 11.4. The number of carboxylic acids is 2. The zero-order valence-corrected chi connectivity index (χ0v) is 11.4. The number of carbonyl (C=O) groups is 2. The molecule has 1 atom stereocenters. The summed E-state index contributed by atoms with van der Waals surface area (Å²) >= 11 is 0. The summed E-state index contributed by atoms with van der Waals surface area (Å²) in [5.41, 5.74) is 2.90. The topological polar surface area (TPSA) is 92.3 Å². The lowest BCUT2D eigenvalue weighted by atomic mass is 10.1. The van der Waals surface area contributed by atoms with E-state index in [1.807, 2.05) is 0 Å². The molecule has 2 rings (SSSR count). The number of carboxylic acid groups (broad SMARTS) is 2. The minimum Gasteiger partial charge on any atom is -0.545 e. The normalized spacial score (nSPS) is 15.7. The molecule has 0 bridgehead atoms. The van der Waals surface area contributed by atoms with E-state index < -0.39 is 11.9 Å². The third kappa shape index (κ3) is 5.93. The quantitative estimate of drug-likeness (QED) is 0.562. The highest BCUT2D eigenvalue weighted by atomic mass is 16.4. The van der Waals surface area contributed by atoms with Gasteiger partial charge >= 0.3 is 0 Å². The molecule has 0 saturated carbocycles. The van der Waals surface area contributed by atoms with Gasteiger partial charge in [0.15, 0.2) is 0 Å². The Kier molecular flexibility index (Phi) is 6.72. The minimum absolute atomic E-state index is 0.384. The van der Waals surface area contributed by atoms with E-state index in [1.54, 1.807) is 0 Å². The third-order valence-electron chi connectivity index (χ3n) is 2.94. The van der Waals surface area contributed by atoms with Crippen LogP contribution in [0.2, 0.25) is 0 Å². The third-order valence-corrected chi connectivity index (χ3v) is 2.94. The molecule has 21 heavy (non-hydrogen) atoms. The van der Waals surface area contributed by atoms with Gasteiger partial charge in [0.25, 0.3) is 0 Å². The standard InChI is InChI=1S/C12H13N.C4H4O4/c1-2-9-13-12-8-7-10-5-3-4-6-11(10)12;5-3(6)1-2-4(7)8/h1,3-6,12-13H,7-9H2;1-2H,(H,5,6)(H,7,8)/p-2/b;2-1+/t12-;/m1./s1. The molecule has 0 radical (unpaired) electrons. The molecule has 1 aliphatic rings. The molecule has 0 fully saturated rings. The van der Waals surface area contributed by atoms with Gasteiger partial charge in [-0.15, -0.1) is 6.42 Å². The lowest BCUT2D eigenvalue weighted by molar-refractivity contribution is -0.301. The number of aryl methyl sites for hydroxylation is 1. The van der Waals surface area contributed by atoms with Crippen molar-refractivity contribution in [1.82, 2.24) is 5.32 Å². The molecular formula is C16H15NO4-2. The lowest BCUT2D eigenvalue weighted by Crippen LogP contribution is -2.23. The monoisotopic (exact) mass is 285 g/mol. The molecule has 0 aromatic heterocycles. The number of nitrogens with one attached hydrogen (secondary N) is 1. The molecule has 5 nitrogen and oxygen atoms in total. The number of carbonyl (C=O) groups excluding carboxylic acids is 2. The van der Waals surface area contributed by atoms with E-state index in [-0.39, 0.29) is 0 Å². The largest absolute Gasteiger partial charge is 0.545 e. The van der Waals surface area contributed by atoms with E-state index in [0.29, 0.717) is 24.7 Å². The molecule has 1 N–H and O–H groups in total. The number of terminal acetylenes is 1. The first-order valence-electron chi connectivity index (χ1n) is 6.39. The maximum atomic E-state index is 9.41. The van der Waals surface area contributed by atoms with Crippen LogP contribution in [0.3, 0.4) is 0 Å². The number of hydrogen-bond acceptors (Lipinski definition) is 5. The van der Waals surface area contributed by atoms with E-state index >= 15 is 0 Å². The van der Waals surface area contributed by atoms with Crippen molar-refractivity contribution >= 4 is 11.9 Å². The average Bonchev–Trinajstić information content (AvgIpc) is 2.87. The maximum absolute atomic E-state index is 9.41. The van der Waals surface area contributed by atoms with Crippen molar-refractivity contribution < 1.29 is 19.8 Å². The van der Waals surface area contributed by atoms with Crippen molar-refractivity contribution in [2.75, 3.05) is 6.54 Å². The summed E-state index contributed by atoms with van der Waals surface area (Å²) in [5, 5.41) is 22.2. The van der Waals surface area contributed by atoms with Crippen LogP contribution in [0.4, 0.5) is 0 Å². The van der Waals surface area contributed by atoms with Gasteiger partial charge in [0, 0.05) is 6.04 Å². The van der Waals surface area contributed by atoms with Crippen molar-refractivity contribution in [3.05, 3.63) is 47.5 Å². The summed E-state index contributed by atoms with van der Waals surface area (Å²) in [6.07, 6.45) is 8.34. The van der Waals surface area contributed by atoms with Crippen LogP contribution in [0.1, 0.15) is 23.6 Å². The average molecular weight is 285 g/mol. The van der Waals surface area contributed by atoms with Crippen LogP contribution >= 0.6 is 0 Å². The molecule has 0 amide bonds. The highest BCUT2D eigenvalue weighted by molar-refractivity contribution is 5.87. The van der Waals surface area contributed by atoms with Gasteiger partial charge in [-0.25, -0.2) is 0 Å². The molecule has 0 unspecified atom stereocenters. The van der Waals surface area contributed by atoms with Crippen LogP contribution in [0.25, 0.3) is 0 Å². The fourth-order valence-corrected chi connectivity index (χ4v) is 2.09. The number of benzene rings is 1. The number of hydrogen-bond donors (Lipinski definition) is 1. The first-order chi connectivity index (χ1) is 10.0. The van der Waals surface area contributed by atoms with E-state index in [0.717, 1.165) is 0 Å². The molecule has 1 aromatic rings. The van der Waals surface area contributed by atoms with Crippen molar-refractivity contribution in [2.24, 2.45) is 0 Å². The van der Waals surface area contributed by atoms with Crippen LogP contribution in [0, 0.1) is 12.3 Å². The molecule has 110 valence electrons. The van der Waals surface area contributed by atoms with E-state index in [4.69, 9.17) is 6.42 Å². The molecule has 1 aromatic carbocycles. The van der Waals surface area contributed by atoms with Crippen LogP contribution in [-0.2, 0) is 16.0 Å². The van der Waals surface area contributed by atoms with E-state index in [1.165, 1.54) is 24.0 Å². The molecule has 5 heteroatoms. The van der Waals surface area contributed by atoms with Crippen LogP contribution in [0.15, 0.2) is 36.4 Å². The van der Waals surface area contributed by atoms with Crippen molar-refractivity contribution in [1.29, 1.82) is 0 Å². The van der Waals surface area contributed by atoms with Gasteiger partial charge in [0.1, 0.15) is 0 Å². The van der Waals surface area contributed by atoms with Crippen LogP contribution in [-0.4, -0.2) is 18.5 Å². The van der Waals surface area contributed by atoms with Crippen molar-refractivity contribution in [3.63, 3.8) is 0 Å². The minimum atomic E-state index is -1.55. The summed E-state index contributed by atoms with van der Waals surface area (Å²) < 4.78 is 0. The Morgan fingerprint density at radius 3 is 2.48 bits per heavy atom. The Morgan fingerprint density at radius 2 is 1.90 bits per heavy atom. The zero-order chi connectivity index (χ0) is 15.7. The van der Waals surface area contributed by atoms with Crippen LogP contribution < -0.4 is 15.5 Å². The fraction of sp³-hybridized carbons (Fsp3) is 0.250. The number of rotatable bonds is 4. The predicted molar refractivity (Wildman–Crippen MR) is 73.5 cm³/mol. The number of aliphatic carboxylic acids is 2. The summed E-state index contributed by atoms with van der Waals surface area (Å²) in [6.45, 7) is 0.666. The summed E-state index contributed by atoms with van der Waals surface area (Å²) in [5.74, 6) is -0.480. The maximum Gasteiger partial charge on any atom is 0.0643 e. The Labute approximate surface area is 123 Å². The van der Waals surface area contributed by atoms with Gasteiger partial charge in [-0.05, 0) is 36.1 Å². The van der Waals surface area contributed by atoms with Gasteiger partial charge in [-0.2, -0.15) is 0 Å². The first-order valence-corrected chi connectivity index (χ1v) is 6.39. The second-order valence-electron chi connectivity index (χ2n) is 4.35. The molecule has 0 aliphatic heterocycles. The van der Waals surface area contributed by atoms with Crippen molar-refractivity contribution in [3.8, 4) is 12.3 Å². The SMILES string of the molecule is C#CCN[C@@H]1CCc2ccccc21.O=C([O-])/C=C/C(=O)[O-]. The predicted octanol–water partition coefficient (Wildman–Crippen LogP) is -1.06. The Balaban J connectivity index is 0.000000240. The van der Waals surface area contributed by atoms with E-state index in [9.17, 15) is 19.8 Å². The molecular weight excluding hydrogens is 270 g/mol. The van der Waals surface area contributed by atoms with Gasteiger partial charge in [-0.3, -0.25) is 5.32 Å². The second kappa shape index (κ2) is 8.56. The Hall–Kier alpha value is -2.58. The van der Waals surface area contributed by atoms with Crippen molar-refractivity contribution in [2.45, 2.75) is 18.9 Å². The van der Waals surface area contributed by atoms with E-state index in [2.05, 4.69) is 35.5 Å². The molecule has 1 aliphatic carbocycles. The summed E-state index contributed by atoms with van der Waals surface area (Å²) in [6, 6.07) is 9.06. The van der Waals surface area contributed by atoms with Crippen LogP contribution in [0.5, 0.6) is 0 Å². The van der Waals surface area contributed by atoms with Gasteiger partial charge in [-0.1, -0.05) is 30.2 Å². The second-order valence-corrected chi connectivity index (χ2v) is 4.35. The highest BCUT2D eigenvalue weighted by Gasteiger charge is 2.20.